The first-order valence-corrected chi connectivity index (χ1v) is 4.67. The van der Waals surface area contributed by atoms with Crippen LogP contribution < -0.4 is 5.48 Å². The van der Waals surface area contributed by atoms with Gasteiger partial charge in [0.1, 0.15) is 0 Å². The van der Waals surface area contributed by atoms with Crippen LogP contribution in [0.15, 0.2) is 0 Å². The fourth-order valence-corrected chi connectivity index (χ4v) is 1.10. The van der Waals surface area contributed by atoms with Crippen LogP contribution in [0.3, 0.4) is 0 Å². The minimum Gasteiger partial charge on any atom is -0.289 e. The second-order valence-corrected chi connectivity index (χ2v) is 3.82. The number of thiocarbonyl (C=S) groups is 1. The molecule has 0 fully saturated rings. The lowest BCUT2D eigenvalue weighted by Gasteiger charge is -1.98. The molecular weight excluding hydrogens is 194 g/mol. The van der Waals surface area contributed by atoms with Crippen LogP contribution in [0, 0.1) is 0 Å². The first-order valence-electron chi connectivity index (χ1n) is 3.81. The molecule has 1 amide bonds. The summed E-state index contributed by atoms with van der Waals surface area (Å²) in [6.45, 7) is 0. The van der Waals surface area contributed by atoms with E-state index in [2.05, 4.69) is 12.6 Å². The lowest BCUT2D eigenvalue weighted by molar-refractivity contribution is -0.129. The van der Waals surface area contributed by atoms with Crippen LogP contribution in [0.4, 0.5) is 0 Å². The fraction of sp³-hybridized carbons (Fsp3) is 0.714. The van der Waals surface area contributed by atoms with Gasteiger partial charge >= 0.3 is 0 Å². The molecule has 5 heteroatoms. The Morgan fingerprint density at radius 2 is 1.92 bits per heavy atom. The lowest BCUT2D eigenvalue weighted by Crippen LogP contribution is -2.17. The van der Waals surface area contributed by atoms with Gasteiger partial charge in [0.25, 0.3) is 0 Å². The maximum atomic E-state index is 10.5. The quantitative estimate of drug-likeness (QED) is 0.204. The van der Waals surface area contributed by atoms with Crippen molar-refractivity contribution in [2.45, 2.75) is 32.1 Å². The Balaban J connectivity index is 3.11. The van der Waals surface area contributed by atoms with Gasteiger partial charge in [0.2, 0.25) is 5.91 Å². The highest BCUT2D eigenvalue weighted by molar-refractivity contribution is 8.11. The molecule has 0 aromatic carbocycles. The third-order valence-corrected chi connectivity index (χ3v) is 1.85. The zero-order valence-electron chi connectivity index (χ0n) is 6.75. The molecule has 0 aromatic heterocycles. The molecule has 0 rings (SSSR count). The van der Waals surface area contributed by atoms with Gasteiger partial charge in [-0.2, -0.15) is 0 Å². The predicted molar refractivity (Wildman–Crippen MR) is 54.6 cm³/mol. The van der Waals surface area contributed by atoms with Crippen molar-refractivity contribution < 1.29 is 10.0 Å². The van der Waals surface area contributed by atoms with Crippen LogP contribution in [0.25, 0.3) is 0 Å². The van der Waals surface area contributed by atoms with Crippen LogP contribution in [0.5, 0.6) is 0 Å². The minimum absolute atomic E-state index is 0.330. The molecule has 0 saturated heterocycles. The molecule has 12 heavy (non-hydrogen) atoms. The van der Waals surface area contributed by atoms with Crippen molar-refractivity contribution in [3.8, 4) is 0 Å². The molecule has 0 unspecified atom stereocenters. The van der Waals surface area contributed by atoms with E-state index in [9.17, 15) is 4.79 Å². The molecule has 0 heterocycles. The van der Waals surface area contributed by atoms with Crippen LogP contribution in [0.1, 0.15) is 32.1 Å². The Kier molecular flexibility index (Phi) is 7.43. The molecule has 70 valence electrons. The van der Waals surface area contributed by atoms with Gasteiger partial charge in [-0.05, 0) is 19.3 Å². The number of unbranched alkanes of at least 4 members (excludes halogenated alkanes) is 2. The lowest BCUT2D eigenvalue weighted by atomic mass is 10.1. The first-order chi connectivity index (χ1) is 5.66. The van der Waals surface area contributed by atoms with Crippen molar-refractivity contribution in [3.63, 3.8) is 0 Å². The molecule has 2 N–H and O–H groups in total. The average molecular weight is 207 g/mol. The molecule has 0 radical (unpaired) electrons. The molecular formula is C7H13NO2S2. The summed E-state index contributed by atoms with van der Waals surface area (Å²) >= 11 is 8.74. The van der Waals surface area contributed by atoms with Crippen molar-refractivity contribution in [3.05, 3.63) is 0 Å². The number of rotatable bonds is 6. The molecule has 0 bridgehead atoms. The van der Waals surface area contributed by atoms with E-state index in [0.29, 0.717) is 10.6 Å². The molecule has 0 aromatic rings. The fourth-order valence-electron chi connectivity index (χ4n) is 0.794. The third kappa shape index (κ3) is 7.97. The number of carbonyl (C=O) groups is 1. The second-order valence-electron chi connectivity index (χ2n) is 2.49. The Morgan fingerprint density at radius 3 is 2.42 bits per heavy atom. The summed E-state index contributed by atoms with van der Waals surface area (Å²) in [5.74, 6) is -0.330. The number of thiol groups is 1. The van der Waals surface area contributed by atoms with Crippen molar-refractivity contribution in [2.24, 2.45) is 0 Å². The van der Waals surface area contributed by atoms with Crippen molar-refractivity contribution >= 4 is 35.0 Å². The summed E-state index contributed by atoms with van der Waals surface area (Å²) < 4.78 is 0.710. The predicted octanol–water partition coefficient (Wildman–Crippen LogP) is 1.70. The van der Waals surface area contributed by atoms with Gasteiger partial charge in [0, 0.05) is 10.6 Å². The van der Waals surface area contributed by atoms with Crippen LogP contribution in [-0.2, 0) is 4.79 Å². The average Bonchev–Trinajstić information content (AvgIpc) is 2.03. The normalized spacial score (nSPS) is 9.50. The van der Waals surface area contributed by atoms with E-state index in [0.717, 1.165) is 25.7 Å². The zero-order chi connectivity index (χ0) is 9.40. The molecule has 0 aliphatic rings. The summed E-state index contributed by atoms with van der Waals surface area (Å²) in [7, 11) is 0. The maximum Gasteiger partial charge on any atom is 0.243 e. The topological polar surface area (TPSA) is 49.3 Å². The SMILES string of the molecule is O=C(CCCCCC(=S)S)NO. The molecule has 0 atom stereocenters. The smallest absolute Gasteiger partial charge is 0.243 e. The van der Waals surface area contributed by atoms with Crippen molar-refractivity contribution in [1.29, 1.82) is 0 Å². The minimum atomic E-state index is -0.330. The summed E-state index contributed by atoms with van der Waals surface area (Å²) in [4.78, 5) is 10.5. The van der Waals surface area contributed by atoms with Crippen LogP contribution in [0.2, 0.25) is 0 Å². The standard InChI is InChI=1S/C7H13NO2S2/c9-6(8-10)4-2-1-3-5-7(11)12/h10H,1-5H2,(H,8,9)(H,11,12). The highest BCUT2D eigenvalue weighted by Crippen LogP contribution is 2.05. The number of amides is 1. The van der Waals surface area contributed by atoms with Gasteiger partial charge in [0.05, 0.1) is 0 Å². The molecule has 0 aliphatic heterocycles. The first kappa shape index (κ1) is 11.9. The van der Waals surface area contributed by atoms with Gasteiger partial charge in [-0.3, -0.25) is 10.0 Å². The number of hydrogen-bond donors (Lipinski definition) is 3. The molecule has 3 nitrogen and oxygen atoms in total. The third-order valence-electron chi connectivity index (χ3n) is 1.42. The molecule has 0 spiro atoms. The van der Waals surface area contributed by atoms with Gasteiger partial charge in [0.15, 0.2) is 0 Å². The largest absolute Gasteiger partial charge is 0.289 e. The van der Waals surface area contributed by atoms with E-state index in [1.165, 1.54) is 0 Å². The molecule has 0 aliphatic carbocycles. The number of carbonyl (C=O) groups excluding carboxylic acids is 1. The van der Waals surface area contributed by atoms with Gasteiger partial charge in [-0.1, -0.05) is 18.6 Å². The number of nitrogens with one attached hydrogen (secondary N) is 1. The van der Waals surface area contributed by atoms with E-state index in [1.54, 1.807) is 5.48 Å². The van der Waals surface area contributed by atoms with Gasteiger partial charge < -0.3 is 0 Å². The van der Waals surface area contributed by atoms with E-state index < -0.39 is 0 Å². The maximum absolute atomic E-state index is 10.5. The molecule has 0 saturated carbocycles. The summed E-state index contributed by atoms with van der Waals surface area (Å²) in [6.07, 6.45) is 3.87. The zero-order valence-corrected chi connectivity index (χ0v) is 8.46. The highest BCUT2D eigenvalue weighted by atomic mass is 32.1. The van der Waals surface area contributed by atoms with E-state index >= 15 is 0 Å². The Hall–Kier alpha value is -0.130. The summed E-state index contributed by atoms with van der Waals surface area (Å²) in [5, 5.41) is 8.15. The number of hydroxylamine groups is 1. The van der Waals surface area contributed by atoms with Crippen molar-refractivity contribution in [1.82, 2.24) is 5.48 Å². The number of hydrogen-bond acceptors (Lipinski definition) is 3. The second kappa shape index (κ2) is 7.52. The van der Waals surface area contributed by atoms with Crippen molar-refractivity contribution in [2.75, 3.05) is 0 Å². The summed E-state index contributed by atoms with van der Waals surface area (Å²) in [6, 6.07) is 0. The monoisotopic (exact) mass is 207 g/mol. The van der Waals surface area contributed by atoms with Gasteiger partial charge in [-0.15, -0.1) is 12.6 Å². The Bertz CT molecular complexity index is 161. The van der Waals surface area contributed by atoms with E-state index in [-0.39, 0.29) is 5.91 Å². The highest BCUT2D eigenvalue weighted by Gasteiger charge is 1.98. The Morgan fingerprint density at radius 1 is 1.33 bits per heavy atom. The Labute approximate surface area is 82.9 Å². The van der Waals surface area contributed by atoms with E-state index in [4.69, 9.17) is 17.4 Å². The summed E-state index contributed by atoms with van der Waals surface area (Å²) in [5.41, 5.74) is 1.58. The van der Waals surface area contributed by atoms with Gasteiger partial charge in [-0.25, -0.2) is 5.48 Å². The van der Waals surface area contributed by atoms with Crippen LogP contribution >= 0.6 is 24.8 Å². The van der Waals surface area contributed by atoms with E-state index in [1.807, 2.05) is 0 Å². The van der Waals surface area contributed by atoms with Crippen LogP contribution in [-0.4, -0.2) is 15.3 Å².